The largest absolute Gasteiger partial charge is 0.493 e. The van der Waals surface area contributed by atoms with Crippen LogP contribution in [0, 0.1) is 0 Å². The number of hydrogen-bond acceptors (Lipinski definition) is 19. The number of hydrogen-bond donors (Lipinski definition) is 5. The smallest absolute Gasteiger partial charge is 0.303 e. The summed E-state index contributed by atoms with van der Waals surface area (Å²) in [7, 11) is 2.56. The van der Waals surface area contributed by atoms with Gasteiger partial charge in [0.2, 0.25) is 5.91 Å². The number of aliphatic imine (C=N–C) groups is 2. The van der Waals surface area contributed by atoms with Gasteiger partial charge in [-0.25, -0.2) is 0 Å². The van der Waals surface area contributed by atoms with Crippen LogP contribution in [-0.4, -0.2) is 139 Å². The number of nitrogens with zero attached hydrogens (tertiary/aromatic N) is 4. The standard InChI is InChI=1S/C43H42N4O6S3.C22H24N2O2S3.C21H20N2O5.CH4/c1-43(2,56(4)54)25-45-41(50)39-21-29-17-26(14-15-38(29)55-39)18-35(48)28-10-7-11-30(19-28)46-40(49)13-8-16-53-37-23-33-32(22-36(37)52-3)42(51)47-31(24-44-33)20-27-9-5-6-12-34(27)47;1-22(2,29(3)27)13-24-21(26)20-12-16-9-14(7-8-19(16)28-20)10-18(25)15-5-4-6-17(23)11-15;1-27-18-10-15-16(11-19(18)28-8-4-7-20(24)25)22-12-14-9-13-5-2-3-6-17(13)23(14)21(15)26;/h5-7,9-12,14-15,17,19,21-24,31H,8,13,16,18,20,25H2,1-4H3,(H,45,50)(H,46,49);4-9,11-12H,10,13,23H2,1-3H3,(H,24,26);2-3,5-6,10-12,14H,4,7-9H2,1H3,(H,24,25);1H4/t31-,56?;;14-;/m0.0./s1. The normalized spacial score (nSPS) is 14.7. The Morgan fingerprint density at radius 3 is 1.46 bits per heavy atom. The third kappa shape index (κ3) is 20.1. The molecule has 0 bridgehead atoms. The number of Topliss-reactive ketones (excluding diaryl/α,β-unsaturated/α-hetero) is 2. The predicted molar refractivity (Wildman–Crippen MR) is 467 cm³/mol. The number of methoxy groups -OCH3 is 2. The van der Waals surface area contributed by atoms with Gasteiger partial charge in [0, 0.05) is 129 Å². The number of amides is 5. The number of rotatable bonds is 27. The van der Waals surface area contributed by atoms with Crippen molar-refractivity contribution in [3.8, 4) is 23.0 Å². The molecule has 5 amide bonds. The molecule has 0 spiro atoms. The quantitative estimate of drug-likeness (QED) is 0.0182. The summed E-state index contributed by atoms with van der Waals surface area (Å²) in [5.41, 5.74) is 15.6. The van der Waals surface area contributed by atoms with E-state index in [0.29, 0.717) is 117 Å². The van der Waals surface area contributed by atoms with Gasteiger partial charge in [-0.1, -0.05) is 103 Å². The van der Waals surface area contributed by atoms with Crippen molar-refractivity contribution in [1.29, 1.82) is 0 Å². The van der Waals surface area contributed by atoms with Crippen LogP contribution in [0.5, 0.6) is 23.0 Å². The van der Waals surface area contributed by atoms with Crippen molar-refractivity contribution in [2.45, 2.75) is 108 Å². The Morgan fingerprint density at radius 1 is 0.561 bits per heavy atom. The third-order valence-electron chi connectivity index (χ3n) is 19.8. The Hall–Kier alpha value is -10.7. The number of nitrogen functional groups attached to an aromatic ring is 1. The highest BCUT2D eigenvalue weighted by molar-refractivity contribution is 8.29. The van der Waals surface area contributed by atoms with Crippen molar-refractivity contribution in [2.75, 3.05) is 73.9 Å². The highest BCUT2D eigenvalue weighted by atomic mass is 32.8. The lowest BCUT2D eigenvalue weighted by Gasteiger charge is -2.24. The van der Waals surface area contributed by atoms with Gasteiger partial charge in [-0.2, -0.15) is 0 Å². The van der Waals surface area contributed by atoms with Crippen LogP contribution in [0.25, 0.3) is 20.2 Å². The van der Waals surface area contributed by atoms with Crippen LogP contribution in [0.3, 0.4) is 0 Å². The molecule has 21 nitrogen and oxygen atoms in total. The molecule has 4 aliphatic heterocycles. The average Bonchev–Trinajstić information content (AvgIpc) is 1.60. The van der Waals surface area contributed by atoms with Crippen molar-refractivity contribution in [3.05, 3.63) is 224 Å². The molecule has 0 radical (unpaired) electrons. The van der Waals surface area contributed by atoms with E-state index in [0.717, 1.165) is 60.2 Å². The lowest BCUT2D eigenvalue weighted by molar-refractivity contribution is -0.137. The summed E-state index contributed by atoms with van der Waals surface area (Å²) >= 11 is 13.7. The molecule has 6 heterocycles. The Balaban J connectivity index is 0.000000185. The number of carboxylic acids is 1. The maximum atomic E-state index is 13.7. The first-order valence-corrected chi connectivity index (χ1v) is 43.3. The number of thiophene rings is 2. The fourth-order valence-electron chi connectivity index (χ4n) is 13.1. The fraction of sp³-hybridized carbons (Fsp3) is 0.287. The molecule has 592 valence electrons. The van der Waals surface area contributed by atoms with Gasteiger partial charge >= 0.3 is 5.97 Å². The summed E-state index contributed by atoms with van der Waals surface area (Å²) in [5.74, 6) is 0.0723. The number of fused-ring (bicyclic) bond motifs is 10. The number of carboxylic acid groups (broad SMARTS) is 1. The van der Waals surface area contributed by atoms with Crippen LogP contribution in [0.2, 0.25) is 0 Å². The average molecular weight is 1650 g/mol. The van der Waals surface area contributed by atoms with Crippen molar-refractivity contribution in [1.82, 2.24) is 10.6 Å². The van der Waals surface area contributed by atoms with Crippen LogP contribution < -0.4 is 50.4 Å². The molecule has 4 atom stereocenters. The Kier molecular flexibility index (Phi) is 27.4. The third-order valence-corrected chi connectivity index (χ3v) is 28.1. The van der Waals surface area contributed by atoms with Crippen LogP contribution >= 0.6 is 22.7 Å². The van der Waals surface area contributed by atoms with E-state index in [1.165, 1.54) is 36.9 Å². The summed E-state index contributed by atoms with van der Waals surface area (Å²) in [6.07, 6.45) is 10.5. The van der Waals surface area contributed by atoms with E-state index >= 15 is 0 Å². The van der Waals surface area contributed by atoms with Gasteiger partial charge in [-0.3, -0.25) is 58.1 Å². The van der Waals surface area contributed by atoms with E-state index in [1.807, 2.05) is 116 Å². The highest BCUT2D eigenvalue weighted by Crippen LogP contribution is 2.44. The summed E-state index contributed by atoms with van der Waals surface area (Å²) < 4.78 is 24.4. The molecule has 0 saturated carbocycles. The second-order valence-corrected chi connectivity index (χ2v) is 38.0. The van der Waals surface area contributed by atoms with E-state index in [4.69, 9.17) is 52.2 Å². The van der Waals surface area contributed by atoms with E-state index in [1.54, 1.807) is 88.8 Å². The van der Waals surface area contributed by atoms with Crippen LogP contribution in [0.1, 0.15) is 144 Å². The number of para-hydroxylation sites is 2. The van der Waals surface area contributed by atoms with Gasteiger partial charge in [-0.05, 0) is 171 Å². The van der Waals surface area contributed by atoms with Crippen LogP contribution in [0.15, 0.2) is 180 Å². The summed E-state index contributed by atoms with van der Waals surface area (Å²) in [6, 6.07) is 51.5. The molecule has 8 aromatic carbocycles. The molecule has 0 aliphatic carbocycles. The Bertz CT molecular complexity index is 5500. The first kappa shape index (κ1) is 84.2. The predicted octanol–water partition coefficient (Wildman–Crippen LogP) is 15.6. The maximum absolute atomic E-state index is 13.7. The molecule has 27 heteroatoms. The minimum Gasteiger partial charge on any atom is -0.493 e. The van der Waals surface area contributed by atoms with E-state index < -0.39 is 5.97 Å². The molecular weight excluding hydrogens is 1560 g/mol. The minimum atomic E-state index is -0.867. The van der Waals surface area contributed by atoms with Gasteiger partial charge in [0.05, 0.1) is 71.8 Å². The molecule has 0 fully saturated rings. The number of carbonyl (C=O) groups is 8. The zero-order chi connectivity index (χ0) is 80.4. The number of benzene rings is 8. The van der Waals surface area contributed by atoms with Gasteiger partial charge in [-0.15, -0.1) is 41.6 Å². The van der Waals surface area contributed by atoms with E-state index in [-0.39, 0.29) is 121 Å². The van der Waals surface area contributed by atoms with E-state index in [2.05, 4.69) is 53.6 Å². The zero-order valence-corrected chi connectivity index (χ0v) is 68.5. The molecule has 2 aromatic heterocycles. The lowest BCUT2D eigenvalue weighted by Crippen LogP contribution is -2.40. The molecule has 114 heavy (non-hydrogen) atoms. The highest BCUT2D eigenvalue weighted by Gasteiger charge is 2.39. The molecule has 0 saturated heterocycles. The monoisotopic (exact) mass is 1650 g/mol. The molecule has 4 aliphatic rings. The number of ketones is 2. The van der Waals surface area contributed by atoms with Gasteiger partial charge in [0.15, 0.2) is 34.6 Å². The van der Waals surface area contributed by atoms with Crippen molar-refractivity contribution >= 4 is 178 Å². The SMILES string of the molecule is C.COc1cc2c(cc1OCCCC(=O)Nc1cccc(C(=O)Cc3ccc4sc(C(=O)NCC(C)(C)S(C)=S)cc4c3)c1)N=C[C@@H]1Cc3ccccc3N1C2=O.COc1cc2c(cc1OCCCC(=O)O)N=C[C@@H]1Cc3ccccc3N1C2=O.CS(=S)C(C)(C)CNC(=O)c1cc2cc(CC(=O)c3cccc(N)c3)ccc2s1. The van der Waals surface area contributed by atoms with Crippen LogP contribution in [-0.2, 0) is 76.6 Å². The van der Waals surface area contributed by atoms with E-state index in [9.17, 15) is 38.4 Å². The number of carbonyl (C=O) groups excluding carboxylic acids is 7. The first-order chi connectivity index (χ1) is 54.1. The topological polar surface area (TPSA) is 287 Å². The van der Waals surface area contributed by atoms with Crippen LogP contribution in [0.4, 0.5) is 34.1 Å². The zero-order valence-electron chi connectivity index (χ0n) is 63.6. The number of nitrogens with one attached hydrogen (secondary N) is 3. The van der Waals surface area contributed by atoms with Gasteiger partial charge in [0.25, 0.3) is 23.6 Å². The molecule has 10 aromatic rings. The summed E-state index contributed by atoms with van der Waals surface area (Å²) in [5, 5.41) is 19.5. The number of aliphatic carboxylic acids is 1. The molecule has 2 unspecified atom stereocenters. The van der Waals surface area contributed by atoms with Gasteiger partial charge in [0.1, 0.15) is 0 Å². The maximum Gasteiger partial charge on any atom is 0.303 e. The first-order valence-electron chi connectivity index (χ1n) is 36.6. The second-order valence-electron chi connectivity index (χ2n) is 28.8. The van der Waals surface area contributed by atoms with Crippen molar-refractivity contribution in [2.24, 2.45) is 9.98 Å². The summed E-state index contributed by atoms with van der Waals surface area (Å²) in [4.78, 5) is 116. The number of anilines is 4. The molecule has 14 rings (SSSR count). The van der Waals surface area contributed by atoms with Crippen molar-refractivity contribution < 1.29 is 62.4 Å². The number of nitrogens with two attached hydrogens (primary N) is 1. The van der Waals surface area contributed by atoms with Crippen molar-refractivity contribution in [3.63, 3.8) is 0 Å². The second kappa shape index (κ2) is 37.1. The Labute approximate surface area is 684 Å². The molecule has 6 N–H and O–H groups in total. The van der Waals surface area contributed by atoms with Gasteiger partial charge < -0.3 is 45.7 Å². The summed E-state index contributed by atoms with van der Waals surface area (Å²) in [6.45, 7) is 9.76. The minimum absolute atomic E-state index is 0. The number of ether oxygens (including phenoxy) is 4. The Morgan fingerprint density at radius 2 is 1.01 bits per heavy atom. The fourth-order valence-corrected chi connectivity index (χ4v) is 15.9. The lowest BCUT2D eigenvalue weighted by atomic mass is 10.0. The molecular formula is C87H90N8O13S6.